The molecule has 1 atom stereocenters. The van der Waals surface area contributed by atoms with Gasteiger partial charge < -0.3 is 0 Å². The van der Waals surface area contributed by atoms with Crippen molar-refractivity contribution in [3.05, 3.63) is 53.5 Å². The van der Waals surface area contributed by atoms with Gasteiger partial charge in [0.05, 0.1) is 10.9 Å². The van der Waals surface area contributed by atoms with Gasteiger partial charge in [0.1, 0.15) is 4.91 Å². The molecule has 78 valence electrons. The summed E-state index contributed by atoms with van der Waals surface area (Å²) in [7, 11) is 0.315. The van der Waals surface area contributed by atoms with Gasteiger partial charge in [0.25, 0.3) is 0 Å². The minimum Gasteiger partial charge on any atom is -0.0839 e. The fourth-order valence-corrected chi connectivity index (χ4v) is 5.60. The van der Waals surface area contributed by atoms with Gasteiger partial charge in [0.15, 0.2) is 8.66 Å². The number of hydrogen-bond acceptors (Lipinski definition) is 0. The summed E-state index contributed by atoms with van der Waals surface area (Å²) in [5.74, 6) is 0. The van der Waals surface area contributed by atoms with Crippen molar-refractivity contribution < 1.29 is 0 Å². The minimum atomic E-state index is 0.315. The zero-order valence-electron chi connectivity index (χ0n) is 8.53. The monoisotopic (exact) mass is 329 g/mol. The smallest absolute Gasteiger partial charge is 0.0839 e. The third kappa shape index (κ3) is 2.88. The van der Waals surface area contributed by atoms with Gasteiger partial charge in [-0.15, -0.1) is 0 Å². The Kier molecular flexibility index (Phi) is 4.32. The molecule has 1 aromatic carbocycles. The summed E-state index contributed by atoms with van der Waals surface area (Å²) < 4.78 is 1.20. The Balaban J connectivity index is 2.24. The molecule has 0 saturated carbocycles. The largest absolute Gasteiger partial charge is 0.168 e. The van der Waals surface area contributed by atoms with Gasteiger partial charge in [0, 0.05) is 6.42 Å². The van der Waals surface area contributed by atoms with E-state index in [1.807, 2.05) is 0 Å². The van der Waals surface area contributed by atoms with Gasteiger partial charge >= 0.3 is 0 Å². The molecule has 0 aliphatic heterocycles. The Morgan fingerprint density at radius 3 is 2.60 bits per heavy atom. The van der Waals surface area contributed by atoms with Crippen LogP contribution in [-0.2, 0) is 10.9 Å². The molecule has 0 amide bonds. The van der Waals surface area contributed by atoms with Crippen LogP contribution >= 0.6 is 22.6 Å². The first-order valence-corrected chi connectivity index (χ1v) is 8.01. The van der Waals surface area contributed by atoms with Gasteiger partial charge in [0.2, 0.25) is 0 Å². The van der Waals surface area contributed by atoms with E-state index in [-0.39, 0.29) is 0 Å². The summed E-state index contributed by atoms with van der Waals surface area (Å²) in [5, 5.41) is 0. The molecule has 0 heterocycles. The minimum absolute atomic E-state index is 0.315. The zero-order valence-corrected chi connectivity index (χ0v) is 11.5. The van der Waals surface area contributed by atoms with E-state index in [4.69, 9.17) is 0 Å². The zero-order chi connectivity index (χ0) is 10.5. The number of allylic oxidation sites excluding steroid dienone is 4. The van der Waals surface area contributed by atoms with Crippen LogP contribution in [0.15, 0.2) is 58.4 Å². The molecule has 0 aromatic heterocycles. The summed E-state index contributed by atoms with van der Waals surface area (Å²) in [6.45, 7) is 0. The molecule has 1 aliphatic carbocycles. The van der Waals surface area contributed by atoms with Crippen LogP contribution in [0.3, 0.4) is 0 Å². The Morgan fingerprint density at radius 1 is 1.20 bits per heavy atom. The first kappa shape index (κ1) is 11.3. The molecule has 0 N–H and O–H groups in total. The first-order chi connectivity index (χ1) is 7.42. The molecule has 1 aliphatic rings. The van der Waals surface area contributed by atoms with E-state index in [0.717, 1.165) is 0 Å². The van der Waals surface area contributed by atoms with Gasteiger partial charge in [-0.1, -0.05) is 30.4 Å². The van der Waals surface area contributed by atoms with Gasteiger partial charge in [-0.05, 0) is 47.2 Å². The van der Waals surface area contributed by atoms with Crippen molar-refractivity contribution in [1.82, 2.24) is 0 Å². The number of halogens is 1. The van der Waals surface area contributed by atoms with Crippen LogP contribution in [0, 0.1) is 0 Å². The molecule has 0 saturated heterocycles. The fourth-order valence-electron chi connectivity index (χ4n) is 1.66. The van der Waals surface area contributed by atoms with Crippen LogP contribution in [0.25, 0.3) is 0 Å². The van der Waals surface area contributed by atoms with Crippen LogP contribution in [0.4, 0.5) is 0 Å². The highest BCUT2D eigenvalue weighted by atomic mass is 127. The van der Waals surface area contributed by atoms with E-state index in [9.17, 15) is 0 Å². The molecule has 2 rings (SSSR count). The lowest BCUT2D eigenvalue weighted by Gasteiger charge is -2.09. The second kappa shape index (κ2) is 5.75. The highest BCUT2D eigenvalue weighted by Gasteiger charge is 2.25. The van der Waals surface area contributed by atoms with Crippen LogP contribution < -0.4 is 0 Å². The van der Waals surface area contributed by atoms with Crippen LogP contribution in [0.1, 0.15) is 12.8 Å². The van der Waals surface area contributed by atoms with Crippen molar-refractivity contribution in [3.63, 3.8) is 0 Å². The molecule has 0 bridgehead atoms. The quantitative estimate of drug-likeness (QED) is 0.441. The van der Waals surface area contributed by atoms with E-state index in [1.165, 1.54) is 21.5 Å². The first-order valence-electron chi connectivity index (χ1n) is 5.09. The molecular formula is C13H14IS+. The van der Waals surface area contributed by atoms with Crippen LogP contribution in [0.2, 0.25) is 0 Å². The van der Waals surface area contributed by atoms with Crippen molar-refractivity contribution in [2.75, 3.05) is 3.76 Å². The van der Waals surface area contributed by atoms with E-state index in [0.29, 0.717) is 10.9 Å². The van der Waals surface area contributed by atoms with Crippen molar-refractivity contribution in [1.29, 1.82) is 0 Å². The summed E-state index contributed by atoms with van der Waals surface area (Å²) >= 11 is 2.50. The lowest BCUT2D eigenvalue weighted by molar-refractivity contribution is 1.02. The van der Waals surface area contributed by atoms with Gasteiger partial charge in [-0.2, -0.15) is 0 Å². The van der Waals surface area contributed by atoms with Gasteiger partial charge in [-0.3, -0.25) is 0 Å². The highest BCUT2D eigenvalue weighted by Crippen LogP contribution is 2.29. The number of hydrogen-bond donors (Lipinski definition) is 0. The fraction of sp³-hybridized carbons (Fsp3) is 0.231. The van der Waals surface area contributed by atoms with E-state index in [1.54, 1.807) is 4.91 Å². The van der Waals surface area contributed by atoms with Crippen molar-refractivity contribution >= 4 is 33.5 Å². The lowest BCUT2D eigenvalue weighted by Crippen LogP contribution is -2.08. The summed E-state index contributed by atoms with van der Waals surface area (Å²) in [6, 6.07) is 10.9. The molecule has 0 radical (unpaired) electrons. The normalized spacial score (nSPS) is 17.3. The standard InChI is InChI=1S/C13H14IS/c14-11-15(12-7-3-1-4-8-12)13-9-5-2-6-10-13/h1-5,7-9H,6,10-11H2/q+1. The Labute approximate surface area is 108 Å². The molecule has 15 heavy (non-hydrogen) atoms. The molecule has 0 spiro atoms. The van der Waals surface area contributed by atoms with Crippen LogP contribution in [-0.4, -0.2) is 3.76 Å². The molecular weight excluding hydrogens is 315 g/mol. The molecule has 1 unspecified atom stereocenters. The summed E-state index contributed by atoms with van der Waals surface area (Å²) in [6.07, 6.45) is 9.20. The molecule has 2 heteroatoms. The second-order valence-electron chi connectivity index (χ2n) is 3.41. The van der Waals surface area contributed by atoms with Crippen molar-refractivity contribution in [2.24, 2.45) is 0 Å². The number of alkyl halides is 1. The maximum absolute atomic E-state index is 2.50. The van der Waals surface area contributed by atoms with Crippen molar-refractivity contribution in [2.45, 2.75) is 17.7 Å². The van der Waals surface area contributed by atoms with Crippen LogP contribution in [0.5, 0.6) is 0 Å². The lowest BCUT2D eigenvalue weighted by atomic mass is 10.2. The van der Waals surface area contributed by atoms with E-state index in [2.05, 4.69) is 71.2 Å². The molecule has 0 fully saturated rings. The van der Waals surface area contributed by atoms with E-state index < -0.39 is 0 Å². The summed E-state index contributed by atoms with van der Waals surface area (Å²) in [4.78, 5) is 3.09. The second-order valence-corrected chi connectivity index (χ2v) is 7.28. The summed E-state index contributed by atoms with van der Waals surface area (Å²) in [5.41, 5.74) is 0. The molecule has 0 nitrogen and oxygen atoms in total. The predicted octanol–water partition coefficient (Wildman–Crippen LogP) is 4.29. The van der Waals surface area contributed by atoms with E-state index >= 15 is 0 Å². The van der Waals surface area contributed by atoms with Crippen molar-refractivity contribution in [3.8, 4) is 0 Å². The number of rotatable bonds is 3. The Bertz CT molecular complexity index is 367. The number of benzene rings is 1. The highest BCUT2D eigenvalue weighted by molar-refractivity contribution is 14.1. The Hall–Kier alpha value is -0.220. The topological polar surface area (TPSA) is 0 Å². The predicted molar refractivity (Wildman–Crippen MR) is 77.4 cm³/mol. The maximum atomic E-state index is 2.50. The SMILES string of the molecule is IC[S+](C1=CC=CCC1)c1ccccc1. The Morgan fingerprint density at radius 2 is 2.00 bits per heavy atom. The molecule has 1 aromatic rings. The average Bonchev–Trinajstić information content (AvgIpc) is 2.33. The third-order valence-corrected chi connectivity index (χ3v) is 6.33. The maximum Gasteiger partial charge on any atom is 0.168 e. The third-order valence-electron chi connectivity index (χ3n) is 2.43. The average molecular weight is 329 g/mol. The van der Waals surface area contributed by atoms with Gasteiger partial charge in [-0.25, -0.2) is 0 Å².